The number of benzene rings is 1. The van der Waals surface area contributed by atoms with E-state index in [1.165, 1.54) is 0 Å². The average Bonchev–Trinajstić information content (AvgIpc) is 2.29. The van der Waals surface area contributed by atoms with Crippen molar-refractivity contribution < 1.29 is 9.90 Å². The van der Waals surface area contributed by atoms with Crippen molar-refractivity contribution in [1.29, 1.82) is 0 Å². The Bertz CT molecular complexity index is 357. The maximum atomic E-state index is 11.1. The molecule has 1 unspecified atom stereocenters. The van der Waals surface area contributed by atoms with E-state index in [0.29, 0.717) is 5.92 Å². The minimum Gasteiger partial charge on any atom is -0.396 e. The Morgan fingerprint density at radius 1 is 1.29 bits per heavy atom. The quantitative estimate of drug-likeness (QED) is 0.745. The van der Waals surface area contributed by atoms with E-state index in [-0.39, 0.29) is 18.4 Å². The number of rotatable bonds is 6. The van der Waals surface area contributed by atoms with Gasteiger partial charge in [-0.05, 0) is 43.5 Å². The summed E-state index contributed by atoms with van der Waals surface area (Å²) in [7, 11) is 0. The summed E-state index contributed by atoms with van der Waals surface area (Å²) in [5.74, 6) is 0.530. The summed E-state index contributed by atoms with van der Waals surface area (Å²) in [6.07, 6.45) is 0.728. The van der Waals surface area contributed by atoms with Gasteiger partial charge in [0.15, 0.2) is 5.78 Å². The predicted octanol–water partition coefficient (Wildman–Crippen LogP) is 2.71. The molecule has 1 rings (SSSR count). The number of anilines is 1. The minimum atomic E-state index is 0.0762. The topological polar surface area (TPSA) is 49.3 Å². The Hall–Kier alpha value is -1.35. The van der Waals surface area contributed by atoms with Gasteiger partial charge in [0.1, 0.15) is 0 Å². The molecule has 3 heteroatoms. The van der Waals surface area contributed by atoms with Crippen LogP contribution < -0.4 is 5.32 Å². The monoisotopic (exact) mass is 235 g/mol. The molecule has 0 spiro atoms. The van der Waals surface area contributed by atoms with Crippen molar-refractivity contribution in [2.24, 2.45) is 5.92 Å². The fraction of sp³-hybridized carbons (Fsp3) is 0.500. The first-order valence-corrected chi connectivity index (χ1v) is 6.03. The second-order valence-corrected chi connectivity index (χ2v) is 4.64. The first-order chi connectivity index (χ1) is 8.04. The molecule has 0 heterocycles. The summed E-state index contributed by atoms with van der Waals surface area (Å²) in [5.41, 5.74) is 1.71. The van der Waals surface area contributed by atoms with Gasteiger partial charge in [0.25, 0.3) is 0 Å². The maximum Gasteiger partial charge on any atom is 0.159 e. The molecule has 0 radical (unpaired) electrons. The normalized spacial score (nSPS) is 12.5. The van der Waals surface area contributed by atoms with Crippen LogP contribution in [0.1, 0.15) is 37.6 Å². The van der Waals surface area contributed by atoms with E-state index in [9.17, 15) is 4.79 Å². The minimum absolute atomic E-state index is 0.0762. The highest BCUT2D eigenvalue weighted by molar-refractivity contribution is 5.94. The van der Waals surface area contributed by atoms with Crippen LogP contribution in [0.15, 0.2) is 24.3 Å². The molecule has 94 valence electrons. The molecule has 0 saturated carbocycles. The van der Waals surface area contributed by atoms with Crippen molar-refractivity contribution >= 4 is 11.5 Å². The third kappa shape index (κ3) is 4.19. The zero-order chi connectivity index (χ0) is 12.8. The fourth-order valence-electron chi connectivity index (χ4n) is 1.73. The van der Waals surface area contributed by atoms with Crippen molar-refractivity contribution in [2.45, 2.75) is 33.2 Å². The van der Waals surface area contributed by atoms with Crippen molar-refractivity contribution in [3.05, 3.63) is 29.8 Å². The van der Waals surface area contributed by atoms with Crippen LogP contribution in [0.3, 0.4) is 0 Å². The standard InChI is InChI=1S/C14H21NO2/c1-10(2)14(8-9-16)15-13-6-4-12(5-7-13)11(3)17/h4-7,10,14-16H,8-9H2,1-3H3. The first-order valence-electron chi connectivity index (χ1n) is 6.03. The smallest absolute Gasteiger partial charge is 0.159 e. The highest BCUT2D eigenvalue weighted by atomic mass is 16.3. The van der Waals surface area contributed by atoms with Gasteiger partial charge in [0, 0.05) is 23.9 Å². The molecule has 0 aliphatic rings. The van der Waals surface area contributed by atoms with Gasteiger partial charge in [-0.15, -0.1) is 0 Å². The van der Waals surface area contributed by atoms with E-state index in [0.717, 1.165) is 17.7 Å². The van der Waals surface area contributed by atoms with Crippen LogP contribution in [0, 0.1) is 5.92 Å². The second-order valence-electron chi connectivity index (χ2n) is 4.64. The molecular formula is C14H21NO2. The summed E-state index contributed by atoms with van der Waals surface area (Å²) < 4.78 is 0. The summed E-state index contributed by atoms with van der Waals surface area (Å²) in [5, 5.41) is 12.4. The van der Waals surface area contributed by atoms with E-state index in [4.69, 9.17) is 5.11 Å². The molecule has 0 aliphatic carbocycles. The molecule has 0 fully saturated rings. The Balaban J connectivity index is 2.69. The highest BCUT2D eigenvalue weighted by Crippen LogP contribution is 2.16. The average molecular weight is 235 g/mol. The predicted molar refractivity (Wildman–Crippen MR) is 70.4 cm³/mol. The lowest BCUT2D eigenvalue weighted by Gasteiger charge is -2.22. The number of hydrogen-bond donors (Lipinski definition) is 2. The van der Waals surface area contributed by atoms with E-state index in [1.807, 2.05) is 24.3 Å². The summed E-state index contributed by atoms with van der Waals surface area (Å²) in [4.78, 5) is 11.1. The summed E-state index contributed by atoms with van der Waals surface area (Å²) in [6.45, 7) is 5.99. The van der Waals surface area contributed by atoms with E-state index in [2.05, 4.69) is 19.2 Å². The van der Waals surface area contributed by atoms with Gasteiger partial charge in [0.05, 0.1) is 0 Å². The largest absolute Gasteiger partial charge is 0.396 e. The van der Waals surface area contributed by atoms with Gasteiger partial charge < -0.3 is 10.4 Å². The van der Waals surface area contributed by atoms with Crippen LogP contribution >= 0.6 is 0 Å². The number of carbonyl (C=O) groups is 1. The van der Waals surface area contributed by atoms with Crippen molar-refractivity contribution in [3.63, 3.8) is 0 Å². The van der Waals surface area contributed by atoms with Gasteiger partial charge in [-0.25, -0.2) is 0 Å². The molecule has 0 aliphatic heterocycles. The molecule has 1 aromatic carbocycles. The lowest BCUT2D eigenvalue weighted by atomic mass is 10.0. The molecule has 0 aromatic heterocycles. The van der Waals surface area contributed by atoms with E-state index in [1.54, 1.807) is 6.92 Å². The van der Waals surface area contributed by atoms with Gasteiger partial charge in [-0.3, -0.25) is 4.79 Å². The molecule has 0 saturated heterocycles. The number of Topliss-reactive ketones (excluding diaryl/α,β-unsaturated/α-hetero) is 1. The molecule has 1 atom stereocenters. The van der Waals surface area contributed by atoms with Crippen LogP contribution in [0.25, 0.3) is 0 Å². The van der Waals surface area contributed by atoms with Crippen LogP contribution in [0.2, 0.25) is 0 Å². The maximum absolute atomic E-state index is 11.1. The van der Waals surface area contributed by atoms with Gasteiger partial charge in [-0.1, -0.05) is 13.8 Å². The van der Waals surface area contributed by atoms with Gasteiger partial charge in [0.2, 0.25) is 0 Å². The Morgan fingerprint density at radius 2 is 1.88 bits per heavy atom. The number of ketones is 1. The van der Waals surface area contributed by atoms with Crippen molar-refractivity contribution in [2.75, 3.05) is 11.9 Å². The van der Waals surface area contributed by atoms with E-state index >= 15 is 0 Å². The van der Waals surface area contributed by atoms with Crippen molar-refractivity contribution in [1.82, 2.24) is 0 Å². The zero-order valence-electron chi connectivity index (χ0n) is 10.7. The van der Waals surface area contributed by atoms with Crippen LogP contribution in [0.5, 0.6) is 0 Å². The van der Waals surface area contributed by atoms with Crippen LogP contribution in [-0.4, -0.2) is 23.5 Å². The Labute approximate surface area is 103 Å². The van der Waals surface area contributed by atoms with Crippen LogP contribution in [0.4, 0.5) is 5.69 Å². The van der Waals surface area contributed by atoms with E-state index < -0.39 is 0 Å². The highest BCUT2D eigenvalue weighted by Gasteiger charge is 2.12. The van der Waals surface area contributed by atoms with Crippen LogP contribution in [-0.2, 0) is 0 Å². The number of aliphatic hydroxyl groups is 1. The van der Waals surface area contributed by atoms with Gasteiger partial charge >= 0.3 is 0 Å². The molecule has 0 bridgehead atoms. The number of aliphatic hydroxyl groups excluding tert-OH is 1. The molecule has 17 heavy (non-hydrogen) atoms. The Morgan fingerprint density at radius 3 is 2.29 bits per heavy atom. The first kappa shape index (κ1) is 13.7. The third-order valence-corrected chi connectivity index (χ3v) is 2.89. The molecule has 1 aromatic rings. The summed E-state index contributed by atoms with van der Waals surface area (Å²) >= 11 is 0. The molecular weight excluding hydrogens is 214 g/mol. The number of hydrogen-bond acceptors (Lipinski definition) is 3. The summed E-state index contributed by atoms with van der Waals surface area (Å²) in [6, 6.07) is 7.71. The van der Waals surface area contributed by atoms with Gasteiger partial charge in [-0.2, -0.15) is 0 Å². The Kier molecular flexibility index (Phi) is 5.16. The van der Waals surface area contributed by atoms with Crippen molar-refractivity contribution in [3.8, 4) is 0 Å². The fourth-order valence-corrected chi connectivity index (χ4v) is 1.73. The second kappa shape index (κ2) is 6.40. The number of nitrogens with one attached hydrogen (secondary N) is 1. The zero-order valence-corrected chi connectivity index (χ0v) is 10.7. The molecule has 2 N–H and O–H groups in total. The molecule has 0 amide bonds. The lowest BCUT2D eigenvalue weighted by molar-refractivity contribution is 0.101. The third-order valence-electron chi connectivity index (χ3n) is 2.89. The SMILES string of the molecule is CC(=O)c1ccc(NC(CCO)C(C)C)cc1. The molecule has 3 nitrogen and oxygen atoms in total. The lowest BCUT2D eigenvalue weighted by Crippen LogP contribution is -2.26. The number of carbonyl (C=O) groups excluding carboxylic acids is 1.